The summed E-state index contributed by atoms with van der Waals surface area (Å²) in [6, 6.07) is 16.1. The van der Waals surface area contributed by atoms with Gasteiger partial charge in [0.2, 0.25) is 11.7 Å². The fraction of sp³-hybridized carbons (Fsp3) is 0.150. The molecule has 1 amide bonds. The summed E-state index contributed by atoms with van der Waals surface area (Å²) in [7, 11) is 1.55. The second-order valence-electron chi connectivity index (χ2n) is 6.19. The topological polar surface area (TPSA) is 77.6 Å². The number of carbonyl (C=O) groups is 1. The van der Waals surface area contributed by atoms with Crippen LogP contribution in [0.2, 0.25) is 0 Å². The molecule has 2 aromatic carbocycles. The molecule has 0 radical (unpaired) electrons. The molecule has 4 rings (SSSR count). The highest BCUT2D eigenvalue weighted by Crippen LogP contribution is 2.23. The molecule has 4 aromatic rings. The van der Waals surface area contributed by atoms with Crippen molar-refractivity contribution in [2.45, 2.75) is 13.5 Å². The monoisotopic (exact) mass is 362 g/mol. The zero-order valence-corrected chi connectivity index (χ0v) is 15.0. The molecule has 136 valence electrons. The van der Waals surface area contributed by atoms with Gasteiger partial charge in [-0.1, -0.05) is 24.3 Å². The quantitative estimate of drug-likeness (QED) is 0.605. The molecule has 27 heavy (non-hydrogen) atoms. The van der Waals surface area contributed by atoms with Crippen LogP contribution in [0.5, 0.6) is 5.75 Å². The lowest BCUT2D eigenvalue weighted by Crippen LogP contribution is -2.25. The number of hydrogen-bond donors (Lipinski definition) is 1. The van der Waals surface area contributed by atoms with Crippen LogP contribution < -0.4 is 15.6 Å². The van der Waals surface area contributed by atoms with Gasteiger partial charge < -0.3 is 14.6 Å². The van der Waals surface area contributed by atoms with E-state index in [-0.39, 0.29) is 18.0 Å². The molecule has 7 heteroatoms. The van der Waals surface area contributed by atoms with Crippen molar-refractivity contribution in [2.24, 2.45) is 0 Å². The maximum Gasteiger partial charge on any atom is 0.259 e. The number of aryl methyl sites for hydroxylation is 1. The Morgan fingerprint density at radius 3 is 2.70 bits per heavy atom. The van der Waals surface area contributed by atoms with Crippen molar-refractivity contribution in [3.8, 4) is 5.75 Å². The number of amides is 1. The van der Waals surface area contributed by atoms with Gasteiger partial charge in [0.05, 0.1) is 23.8 Å². The first-order valence-electron chi connectivity index (χ1n) is 8.49. The molecule has 1 N–H and O–H groups in total. The van der Waals surface area contributed by atoms with Gasteiger partial charge in [-0.05, 0) is 31.2 Å². The lowest BCUT2D eigenvalue weighted by atomic mass is 10.3. The van der Waals surface area contributed by atoms with Gasteiger partial charge in [0.1, 0.15) is 12.3 Å². The number of rotatable bonds is 4. The molecule has 0 spiro atoms. The highest BCUT2D eigenvalue weighted by Gasteiger charge is 2.15. The Morgan fingerprint density at radius 1 is 1.15 bits per heavy atom. The molecule has 0 saturated carbocycles. The first-order valence-corrected chi connectivity index (χ1v) is 8.49. The van der Waals surface area contributed by atoms with E-state index in [0.29, 0.717) is 28.4 Å². The van der Waals surface area contributed by atoms with E-state index in [1.54, 1.807) is 30.7 Å². The second kappa shape index (κ2) is 6.60. The Kier molecular flexibility index (Phi) is 4.12. The van der Waals surface area contributed by atoms with Crippen LogP contribution in [0.25, 0.3) is 16.8 Å². The fourth-order valence-electron chi connectivity index (χ4n) is 3.17. The Bertz CT molecular complexity index is 1220. The van der Waals surface area contributed by atoms with E-state index in [1.165, 1.54) is 10.5 Å². The van der Waals surface area contributed by atoms with E-state index < -0.39 is 0 Å². The molecule has 2 heterocycles. The minimum Gasteiger partial charge on any atom is -0.495 e. The van der Waals surface area contributed by atoms with Crippen LogP contribution in [0.3, 0.4) is 0 Å². The summed E-state index contributed by atoms with van der Waals surface area (Å²) in [4.78, 5) is 29.7. The molecular formula is C20H18N4O3. The number of hydrogen-bond acceptors (Lipinski definition) is 4. The van der Waals surface area contributed by atoms with Crippen LogP contribution in [-0.2, 0) is 11.3 Å². The van der Waals surface area contributed by atoms with E-state index in [1.807, 2.05) is 36.4 Å². The Labute approximate surface area is 154 Å². The van der Waals surface area contributed by atoms with Gasteiger partial charge in [-0.25, -0.2) is 9.38 Å². The molecule has 0 saturated heterocycles. The maximum atomic E-state index is 12.6. The third kappa shape index (κ3) is 2.93. The Hall–Kier alpha value is -3.61. The third-order valence-corrected chi connectivity index (χ3v) is 4.45. The van der Waals surface area contributed by atoms with Gasteiger partial charge in [0.15, 0.2) is 0 Å². The number of fused-ring (bicyclic) bond motifs is 3. The number of methoxy groups -OCH3 is 1. The van der Waals surface area contributed by atoms with Gasteiger partial charge in [0, 0.05) is 11.8 Å². The average Bonchev–Trinajstić information content (AvgIpc) is 3.05. The van der Waals surface area contributed by atoms with Crippen molar-refractivity contribution in [1.29, 1.82) is 0 Å². The van der Waals surface area contributed by atoms with Crippen LogP contribution in [0.4, 0.5) is 5.69 Å². The number of nitrogens with zero attached hydrogens (tertiary/aromatic N) is 3. The van der Waals surface area contributed by atoms with Crippen molar-refractivity contribution in [2.75, 3.05) is 12.4 Å². The van der Waals surface area contributed by atoms with Crippen molar-refractivity contribution in [3.05, 3.63) is 70.6 Å². The summed E-state index contributed by atoms with van der Waals surface area (Å²) >= 11 is 0. The number of anilines is 1. The van der Waals surface area contributed by atoms with E-state index in [2.05, 4.69) is 10.3 Å². The Balaban J connectivity index is 1.75. The zero-order chi connectivity index (χ0) is 19.0. The molecular weight excluding hydrogens is 344 g/mol. The SMILES string of the molecule is COc1ccccc1NC(=O)Cn1c(C)cc(=O)n2c3ccccc3nc12. The number of para-hydroxylation sites is 4. The first-order chi connectivity index (χ1) is 13.1. The predicted octanol–water partition coefficient (Wildman–Crippen LogP) is 2.60. The van der Waals surface area contributed by atoms with Crippen LogP contribution in [-0.4, -0.2) is 27.0 Å². The largest absolute Gasteiger partial charge is 0.495 e. The lowest BCUT2D eigenvalue weighted by Gasteiger charge is -2.13. The number of carbonyl (C=O) groups excluding carboxylic acids is 1. The number of aromatic nitrogens is 3. The molecule has 0 aliphatic heterocycles. The van der Waals surface area contributed by atoms with Crippen LogP contribution >= 0.6 is 0 Å². The molecule has 0 bridgehead atoms. The van der Waals surface area contributed by atoms with E-state index in [9.17, 15) is 9.59 Å². The smallest absolute Gasteiger partial charge is 0.259 e. The molecule has 7 nitrogen and oxygen atoms in total. The standard InChI is InChI=1S/C20H18N4O3/c1-13-11-19(26)24-16-9-5-3-7-14(16)22-20(24)23(13)12-18(25)21-15-8-4-6-10-17(15)27-2/h3-11H,12H2,1-2H3,(H,21,25). The predicted molar refractivity (Wildman–Crippen MR) is 103 cm³/mol. The van der Waals surface area contributed by atoms with Crippen molar-refractivity contribution in [3.63, 3.8) is 0 Å². The third-order valence-electron chi connectivity index (χ3n) is 4.45. The molecule has 0 fully saturated rings. The number of benzene rings is 2. The molecule has 0 aliphatic rings. The van der Waals surface area contributed by atoms with Crippen molar-refractivity contribution >= 4 is 28.4 Å². The van der Waals surface area contributed by atoms with Gasteiger partial charge in [-0.15, -0.1) is 0 Å². The summed E-state index contributed by atoms with van der Waals surface area (Å²) in [5, 5.41) is 2.85. The lowest BCUT2D eigenvalue weighted by molar-refractivity contribution is -0.116. The van der Waals surface area contributed by atoms with Crippen LogP contribution in [0, 0.1) is 6.92 Å². The van der Waals surface area contributed by atoms with Crippen LogP contribution in [0.15, 0.2) is 59.4 Å². The minimum absolute atomic E-state index is 0.0248. The van der Waals surface area contributed by atoms with E-state index in [0.717, 1.165) is 5.52 Å². The highest BCUT2D eigenvalue weighted by molar-refractivity contribution is 5.92. The summed E-state index contributed by atoms with van der Waals surface area (Å²) in [5.74, 6) is 0.788. The van der Waals surface area contributed by atoms with Gasteiger partial charge in [-0.3, -0.25) is 9.59 Å². The number of nitrogens with one attached hydrogen (secondary N) is 1. The fourth-order valence-corrected chi connectivity index (χ4v) is 3.17. The number of ether oxygens (including phenoxy) is 1. The summed E-state index contributed by atoms with van der Waals surface area (Å²) in [6.07, 6.45) is 0. The Morgan fingerprint density at radius 2 is 1.89 bits per heavy atom. The number of imidazole rings is 1. The van der Waals surface area contributed by atoms with Crippen LogP contribution in [0.1, 0.15) is 5.69 Å². The zero-order valence-electron chi connectivity index (χ0n) is 15.0. The summed E-state index contributed by atoms with van der Waals surface area (Å²) in [6.45, 7) is 1.81. The summed E-state index contributed by atoms with van der Waals surface area (Å²) < 4.78 is 8.52. The van der Waals surface area contributed by atoms with Crippen molar-refractivity contribution < 1.29 is 9.53 Å². The first kappa shape index (κ1) is 16.8. The normalized spacial score (nSPS) is 11.0. The van der Waals surface area contributed by atoms with Gasteiger partial charge in [-0.2, -0.15) is 0 Å². The molecule has 0 unspecified atom stereocenters. The van der Waals surface area contributed by atoms with E-state index >= 15 is 0 Å². The van der Waals surface area contributed by atoms with Gasteiger partial charge >= 0.3 is 0 Å². The minimum atomic E-state index is -0.236. The molecule has 0 aliphatic carbocycles. The van der Waals surface area contributed by atoms with Gasteiger partial charge in [0.25, 0.3) is 5.56 Å². The second-order valence-corrected chi connectivity index (χ2v) is 6.19. The maximum absolute atomic E-state index is 12.6. The van der Waals surface area contributed by atoms with Crippen molar-refractivity contribution in [1.82, 2.24) is 14.0 Å². The van der Waals surface area contributed by atoms with E-state index in [4.69, 9.17) is 4.74 Å². The molecule has 0 atom stereocenters. The summed E-state index contributed by atoms with van der Waals surface area (Å²) in [5.41, 5.74) is 2.51. The highest BCUT2D eigenvalue weighted by atomic mass is 16.5. The molecule has 2 aromatic heterocycles. The average molecular weight is 362 g/mol.